The molecule has 1 heterocycles. The van der Waals surface area contributed by atoms with E-state index in [9.17, 15) is 0 Å². The van der Waals surface area contributed by atoms with E-state index < -0.39 is 0 Å². The van der Waals surface area contributed by atoms with Crippen LogP contribution in [0.4, 0.5) is 0 Å². The van der Waals surface area contributed by atoms with Gasteiger partial charge in [-0.25, -0.2) is 4.98 Å². The molecule has 1 N–H and O–H groups in total. The zero-order valence-corrected chi connectivity index (χ0v) is 6.63. The molecule has 0 radical (unpaired) electrons. The quantitative estimate of drug-likeness (QED) is 0.658. The van der Waals surface area contributed by atoms with Crippen molar-refractivity contribution in [1.82, 2.24) is 10.3 Å². The first kappa shape index (κ1) is 6.85. The molecule has 0 saturated carbocycles. The number of fused-ring (bicyclic) bond motifs is 1. The lowest BCUT2D eigenvalue weighted by molar-refractivity contribution is 0.427. The van der Waals surface area contributed by atoms with Gasteiger partial charge in [-0.1, -0.05) is 0 Å². The first-order valence-electron chi connectivity index (χ1n) is 4.01. The van der Waals surface area contributed by atoms with Crippen LogP contribution in [0.3, 0.4) is 0 Å². The zero-order valence-electron chi connectivity index (χ0n) is 6.63. The molecule has 1 aromatic rings. The lowest BCUT2D eigenvalue weighted by Crippen LogP contribution is -2.21. The van der Waals surface area contributed by atoms with Crippen molar-refractivity contribution in [2.45, 2.75) is 25.3 Å². The smallest absolute Gasteiger partial charge is 0.181 e. The molecule has 1 aliphatic rings. The highest BCUT2D eigenvalue weighted by atomic mass is 16.3. The van der Waals surface area contributed by atoms with E-state index in [0.717, 1.165) is 17.9 Å². The maximum Gasteiger partial charge on any atom is 0.181 e. The number of aryl methyl sites for hydroxylation is 1. The Balaban J connectivity index is 2.32. The van der Waals surface area contributed by atoms with Gasteiger partial charge in [-0.05, 0) is 19.9 Å². The minimum Gasteiger partial charge on any atom is -0.448 e. The van der Waals surface area contributed by atoms with Gasteiger partial charge in [0.05, 0.1) is 11.7 Å². The molecule has 11 heavy (non-hydrogen) atoms. The first-order valence-corrected chi connectivity index (χ1v) is 4.01. The van der Waals surface area contributed by atoms with Gasteiger partial charge in [0, 0.05) is 6.42 Å². The predicted octanol–water partition coefficient (Wildman–Crippen LogP) is 1.27. The van der Waals surface area contributed by atoms with Gasteiger partial charge in [-0.3, -0.25) is 0 Å². The standard InChI is InChI=1S/C8H12N2O/c1-9-6-3-2-4-7-8(6)10-5-11-7/h5-6,9H,2-4H2,1H3. The number of hydrogen-bond donors (Lipinski definition) is 1. The van der Waals surface area contributed by atoms with Gasteiger partial charge in [0.2, 0.25) is 0 Å². The van der Waals surface area contributed by atoms with E-state index in [2.05, 4.69) is 10.3 Å². The van der Waals surface area contributed by atoms with E-state index >= 15 is 0 Å². The number of nitrogens with one attached hydrogen (secondary N) is 1. The molecule has 0 spiro atoms. The second-order valence-electron chi connectivity index (χ2n) is 2.89. The van der Waals surface area contributed by atoms with E-state index in [0.29, 0.717) is 6.04 Å². The van der Waals surface area contributed by atoms with Crippen LogP contribution in [0.25, 0.3) is 0 Å². The summed E-state index contributed by atoms with van der Waals surface area (Å²) in [5.41, 5.74) is 1.11. The molecular weight excluding hydrogens is 140 g/mol. The van der Waals surface area contributed by atoms with Crippen molar-refractivity contribution in [1.29, 1.82) is 0 Å². The average Bonchev–Trinajstić information content (AvgIpc) is 2.50. The normalized spacial score (nSPS) is 23.2. The highest BCUT2D eigenvalue weighted by Crippen LogP contribution is 2.27. The number of hydrogen-bond acceptors (Lipinski definition) is 3. The van der Waals surface area contributed by atoms with Crippen LogP contribution in [-0.4, -0.2) is 12.0 Å². The Bertz CT molecular complexity index is 244. The Morgan fingerprint density at radius 3 is 3.45 bits per heavy atom. The summed E-state index contributed by atoms with van der Waals surface area (Å²) < 4.78 is 5.24. The average molecular weight is 152 g/mol. The maximum absolute atomic E-state index is 5.24. The molecule has 3 nitrogen and oxygen atoms in total. The van der Waals surface area contributed by atoms with Gasteiger partial charge in [0.25, 0.3) is 0 Å². The SMILES string of the molecule is CNC1CCCc2ocnc21. The van der Waals surface area contributed by atoms with Crippen LogP contribution < -0.4 is 5.32 Å². The topological polar surface area (TPSA) is 38.1 Å². The maximum atomic E-state index is 5.24. The van der Waals surface area contributed by atoms with Crippen LogP contribution in [0.2, 0.25) is 0 Å². The fraction of sp³-hybridized carbons (Fsp3) is 0.625. The zero-order chi connectivity index (χ0) is 7.68. The van der Waals surface area contributed by atoms with Gasteiger partial charge in [-0.2, -0.15) is 0 Å². The highest BCUT2D eigenvalue weighted by Gasteiger charge is 2.22. The molecule has 0 aliphatic heterocycles. The first-order chi connectivity index (χ1) is 5.42. The Morgan fingerprint density at radius 1 is 1.73 bits per heavy atom. The van der Waals surface area contributed by atoms with Gasteiger partial charge in [-0.15, -0.1) is 0 Å². The number of rotatable bonds is 1. The molecule has 0 aromatic carbocycles. The second kappa shape index (κ2) is 2.66. The van der Waals surface area contributed by atoms with E-state index in [1.165, 1.54) is 12.8 Å². The van der Waals surface area contributed by atoms with Crippen LogP contribution in [0, 0.1) is 0 Å². The third kappa shape index (κ3) is 1.05. The molecule has 2 rings (SSSR count). The van der Waals surface area contributed by atoms with Crippen molar-refractivity contribution in [2.24, 2.45) is 0 Å². The van der Waals surface area contributed by atoms with Crippen LogP contribution >= 0.6 is 0 Å². The van der Waals surface area contributed by atoms with Gasteiger partial charge in [0.1, 0.15) is 5.76 Å². The third-order valence-corrected chi connectivity index (χ3v) is 2.25. The fourth-order valence-electron chi connectivity index (χ4n) is 1.63. The molecule has 0 fully saturated rings. The lowest BCUT2D eigenvalue weighted by Gasteiger charge is -2.18. The summed E-state index contributed by atoms with van der Waals surface area (Å²) in [4.78, 5) is 4.18. The summed E-state index contributed by atoms with van der Waals surface area (Å²) in [5, 5.41) is 3.22. The van der Waals surface area contributed by atoms with Crippen LogP contribution in [0.15, 0.2) is 10.8 Å². The van der Waals surface area contributed by atoms with Crippen molar-refractivity contribution < 1.29 is 4.42 Å². The molecule has 0 amide bonds. The molecule has 1 aliphatic carbocycles. The fourth-order valence-corrected chi connectivity index (χ4v) is 1.63. The molecule has 60 valence electrons. The van der Waals surface area contributed by atoms with Crippen molar-refractivity contribution in [2.75, 3.05) is 7.05 Å². The summed E-state index contributed by atoms with van der Waals surface area (Å²) in [6.07, 6.45) is 4.97. The Labute approximate surface area is 65.8 Å². The highest BCUT2D eigenvalue weighted by molar-refractivity contribution is 5.15. The Hall–Kier alpha value is -0.830. The van der Waals surface area contributed by atoms with E-state index in [4.69, 9.17) is 4.42 Å². The Morgan fingerprint density at radius 2 is 2.64 bits per heavy atom. The minimum atomic E-state index is 0.414. The minimum absolute atomic E-state index is 0.414. The third-order valence-electron chi connectivity index (χ3n) is 2.25. The lowest BCUT2D eigenvalue weighted by atomic mass is 9.97. The Kier molecular flexibility index (Phi) is 1.66. The molecule has 3 heteroatoms. The molecule has 1 atom stereocenters. The van der Waals surface area contributed by atoms with Crippen LogP contribution in [0.5, 0.6) is 0 Å². The van der Waals surface area contributed by atoms with Crippen molar-refractivity contribution in [3.63, 3.8) is 0 Å². The molecule has 1 aromatic heterocycles. The summed E-state index contributed by atoms with van der Waals surface area (Å²) in [5.74, 6) is 1.07. The second-order valence-corrected chi connectivity index (χ2v) is 2.89. The molecule has 1 unspecified atom stereocenters. The van der Waals surface area contributed by atoms with Crippen molar-refractivity contribution >= 4 is 0 Å². The monoisotopic (exact) mass is 152 g/mol. The number of aromatic nitrogens is 1. The van der Waals surface area contributed by atoms with E-state index in [1.807, 2.05) is 7.05 Å². The summed E-state index contributed by atoms with van der Waals surface area (Å²) in [6, 6.07) is 0.414. The van der Waals surface area contributed by atoms with Crippen LogP contribution in [0.1, 0.15) is 30.3 Å². The number of nitrogens with zero attached hydrogens (tertiary/aromatic N) is 1. The summed E-state index contributed by atoms with van der Waals surface area (Å²) in [6.45, 7) is 0. The van der Waals surface area contributed by atoms with Gasteiger partial charge in [0.15, 0.2) is 6.39 Å². The van der Waals surface area contributed by atoms with Crippen molar-refractivity contribution in [3.05, 3.63) is 17.8 Å². The summed E-state index contributed by atoms with van der Waals surface area (Å²) >= 11 is 0. The summed E-state index contributed by atoms with van der Waals surface area (Å²) in [7, 11) is 1.97. The molecule has 0 bridgehead atoms. The van der Waals surface area contributed by atoms with Gasteiger partial charge < -0.3 is 9.73 Å². The van der Waals surface area contributed by atoms with Crippen molar-refractivity contribution in [3.8, 4) is 0 Å². The van der Waals surface area contributed by atoms with E-state index in [1.54, 1.807) is 6.39 Å². The van der Waals surface area contributed by atoms with E-state index in [-0.39, 0.29) is 0 Å². The molecular formula is C8H12N2O. The van der Waals surface area contributed by atoms with Gasteiger partial charge >= 0.3 is 0 Å². The molecule has 0 saturated heterocycles. The van der Waals surface area contributed by atoms with Crippen LogP contribution in [-0.2, 0) is 6.42 Å². The largest absolute Gasteiger partial charge is 0.448 e. The number of oxazole rings is 1. The predicted molar refractivity (Wildman–Crippen MR) is 41.2 cm³/mol.